The molecule has 126 valence electrons. The molecular formula is C16H8BrCl2N3O3. The normalized spacial score (nSPS) is 10.9. The Morgan fingerprint density at radius 2 is 2.00 bits per heavy atom. The fraction of sp³-hybridized carbons (Fsp3) is 0. The van der Waals surface area contributed by atoms with Crippen LogP contribution in [-0.4, -0.2) is 10.8 Å². The molecule has 0 bridgehead atoms. The summed E-state index contributed by atoms with van der Waals surface area (Å²) in [6.07, 6.45) is 1.33. The molecule has 1 amide bonds. The number of anilines is 1. The van der Waals surface area contributed by atoms with Crippen LogP contribution in [0.25, 0.3) is 6.08 Å². The predicted molar refractivity (Wildman–Crippen MR) is 99.5 cm³/mol. The lowest BCUT2D eigenvalue weighted by atomic mass is 10.1. The lowest BCUT2D eigenvalue weighted by Gasteiger charge is -2.07. The third-order valence-corrected chi connectivity index (χ3v) is 4.26. The van der Waals surface area contributed by atoms with E-state index < -0.39 is 10.8 Å². The maximum absolute atomic E-state index is 12.3. The number of rotatable bonds is 4. The Labute approximate surface area is 160 Å². The second-order valence-corrected chi connectivity index (χ2v) is 6.41. The van der Waals surface area contributed by atoms with Crippen LogP contribution in [0, 0.1) is 21.4 Å². The van der Waals surface area contributed by atoms with Gasteiger partial charge in [0.1, 0.15) is 11.6 Å². The van der Waals surface area contributed by atoms with Crippen molar-refractivity contribution >= 4 is 62.5 Å². The maximum atomic E-state index is 12.3. The fourth-order valence-electron chi connectivity index (χ4n) is 1.83. The maximum Gasteiger partial charge on any atom is 0.270 e. The summed E-state index contributed by atoms with van der Waals surface area (Å²) in [5.74, 6) is -0.678. The Hall–Kier alpha value is -2.40. The molecule has 0 aliphatic rings. The highest BCUT2D eigenvalue weighted by Crippen LogP contribution is 2.28. The van der Waals surface area contributed by atoms with Gasteiger partial charge in [0.25, 0.3) is 11.6 Å². The van der Waals surface area contributed by atoms with E-state index in [0.29, 0.717) is 25.8 Å². The zero-order valence-corrected chi connectivity index (χ0v) is 15.4. The second-order valence-electron chi connectivity index (χ2n) is 4.71. The van der Waals surface area contributed by atoms with Gasteiger partial charge in [-0.15, -0.1) is 0 Å². The highest BCUT2D eigenvalue weighted by Gasteiger charge is 2.14. The van der Waals surface area contributed by atoms with Crippen LogP contribution < -0.4 is 5.32 Å². The molecule has 0 atom stereocenters. The topological polar surface area (TPSA) is 96.0 Å². The van der Waals surface area contributed by atoms with E-state index in [1.165, 1.54) is 30.3 Å². The molecule has 0 aliphatic heterocycles. The summed E-state index contributed by atoms with van der Waals surface area (Å²) in [4.78, 5) is 22.4. The minimum atomic E-state index is -0.678. The Morgan fingerprint density at radius 1 is 1.28 bits per heavy atom. The lowest BCUT2D eigenvalue weighted by molar-refractivity contribution is -0.384. The highest BCUT2D eigenvalue weighted by atomic mass is 79.9. The highest BCUT2D eigenvalue weighted by molar-refractivity contribution is 9.10. The molecule has 9 heteroatoms. The van der Waals surface area contributed by atoms with Gasteiger partial charge in [-0.2, -0.15) is 5.26 Å². The minimum absolute atomic E-state index is 0.131. The van der Waals surface area contributed by atoms with Crippen molar-refractivity contribution in [3.8, 4) is 6.07 Å². The van der Waals surface area contributed by atoms with Crippen molar-refractivity contribution in [2.75, 3.05) is 5.32 Å². The van der Waals surface area contributed by atoms with Crippen LogP contribution in [0.2, 0.25) is 10.0 Å². The van der Waals surface area contributed by atoms with E-state index in [1.807, 2.05) is 0 Å². The first kappa shape index (κ1) is 18.9. The van der Waals surface area contributed by atoms with E-state index in [4.69, 9.17) is 23.2 Å². The van der Waals surface area contributed by atoms with Crippen LogP contribution >= 0.6 is 39.1 Å². The number of non-ortho nitro benzene ring substituents is 1. The molecule has 0 heterocycles. The number of nitro benzene ring substituents is 1. The van der Waals surface area contributed by atoms with Crippen LogP contribution in [0.15, 0.2) is 46.4 Å². The first-order valence-corrected chi connectivity index (χ1v) is 8.19. The number of nitriles is 1. The molecule has 6 nitrogen and oxygen atoms in total. The molecule has 0 unspecified atom stereocenters. The number of benzene rings is 2. The molecule has 0 aromatic heterocycles. The van der Waals surface area contributed by atoms with Gasteiger partial charge in [-0.05, 0) is 45.8 Å². The van der Waals surface area contributed by atoms with E-state index in [-0.39, 0.29) is 11.3 Å². The molecule has 0 saturated heterocycles. The summed E-state index contributed by atoms with van der Waals surface area (Å²) in [6, 6.07) is 10.3. The van der Waals surface area contributed by atoms with E-state index in [2.05, 4.69) is 21.2 Å². The minimum Gasteiger partial charge on any atom is -0.320 e. The second kappa shape index (κ2) is 8.12. The number of amides is 1. The first-order chi connectivity index (χ1) is 11.8. The Bertz CT molecular complexity index is 939. The van der Waals surface area contributed by atoms with Crippen LogP contribution in [0.4, 0.5) is 11.4 Å². The first-order valence-electron chi connectivity index (χ1n) is 6.64. The average Bonchev–Trinajstić information content (AvgIpc) is 2.55. The van der Waals surface area contributed by atoms with Gasteiger partial charge >= 0.3 is 0 Å². The SMILES string of the molecule is N#CC(=Cc1ccc(Cl)cc1Cl)C(=O)Nc1ccc([N+](=O)[O-])cc1Br. The predicted octanol–water partition coefficient (Wildman–Crippen LogP) is 5.21. The summed E-state index contributed by atoms with van der Waals surface area (Å²) in [6.45, 7) is 0. The van der Waals surface area contributed by atoms with Gasteiger partial charge in [0.05, 0.1) is 10.6 Å². The largest absolute Gasteiger partial charge is 0.320 e. The number of nitrogens with one attached hydrogen (secondary N) is 1. The monoisotopic (exact) mass is 439 g/mol. The summed E-state index contributed by atoms with van der Waals surface area (Å²) < 4.78 is 0.317. The number of nitrogens with zero attached hydrogens (tertiary/aromatic N) is 2. The van der Waals surface area contributed by atoms with E-state index >= 15 is 0 Å². The molecular weight excluding hydrogens is 433 g/mol. The Kier molecular flexibility index (Phi) is 6.15. The van der Waals surface area contributed by atoms with Gasteiger partial charge in [-0.25, -0.2) is 0 Å². The quantitative estimate of drug-likeness (QED) is 0.305. The van der Waals surface area contributed by atoms with E-state index in [9.17, 15) is 20.2 Å². The molecule has 0 spiro atoms. The lowest BCUT2D eigenvalue weighted by Crippen LogP contribution is -2.14. The van der Waals surface area contributed by atoms with Gasteiger partial charge in [0.15, 0.2) is 0 Å². The molecule has 2 aromatic rings. The zero-order chi connectivity index (χ0) is 18.6. The van der Waals surface area contributed by atoms with Crippen LogP contribution in [0.1, 0.15) is 5.56 Å². The summed E-state index contributed by atoms with van der Waals surface area (Å²) in [5, 5.41) is 23.2. The van der Waals surface area contributed by atoms with Crippen molar-refractivity contribution in [1.82, 2.24) is 0 Å². The molecule has 0 radical (unpaired) electrons. The van der Waals surface area contributed by atoms with Crippen LogP contribution in [0.3, 0.4) is 0 Å². The number of hydrogen-bond acceptors (Lipinski definition) is 4. The molecule has 0 saturated carbocycles. The number of halogens is 3. The Morgan fingerprint density at radius 3 is 2.56 bits per heavy atom. The van der Waals surface area contributed by atoms with Crippen molar-refractivity contribution in [3.63, 3.8) is 0 Å². The fourth-order valence-corrected chi connectivity index (χ4v) is 2.76. The smallest absolute Gasteiger partial charge is 0.270 e. The third-order valence-electron chi connectivity index (χ3n) is 3.04. The van der Waals surface area contributed by atoms with Crippen molar-refractivity contribution in [2.24, 2.45) is 0 Å². The molecule has 0 fully saturated rings. The van der Waals surface area contributed by atoms with Crippen molar-refractivity contribution in [1.29, 1.82) is 5.26 Å². The summed E-state index contributed by atoms with van der Waals surface area (Å²) >= 11 is 15.0. The zero-order valence-electron chi connectivity index (χ0n) is 12.3. The van der Waals surface area contributed by atoms with E-state index in [0.717, 1.165) is 0 Å². The number of nitro groups is 1. The molecule has 0 aliphatic carbocycles. The van der Waals surface area contributed by atoms with Crippen LogP contribution in [-0.2, 0) is 4.79 Å². The van der Waals surface area contributed by atoms with Crippen molar-refractivity contribution in [2.45, 2.75) is 0 Å². The van der Waals surface area contributed by atoms with Gasteiger partial charge in [-0.1, -0.05) is 29.3 Å². The Balaban J connectivity index is 2.28. The molecule has 1 N–H and O–H groups in total. The van der Waals surface area contributed by atoms with Gasteiger partial charge < -0.3 is 5.32 Å². The third kappa shape index (κ3) is 4.79. The summed E-state index contributed by atoms with van der Waals surface area (Å²) in [5.41, 5.74) is 0.433. The van der Waals surface area contributed by atoms with Gasteiger partial charge in [-0.3, -0.25) is 14.9 Å². The van der Waals surface area contributed by atoms with Crippen molar-refractivity contribution < 1.29 is 9.72 Å². The molecule has 2 aromatic carbocycles. The average molecular weight is 441 g/mol. The van der Waals surface area contributed by atoms with Crippen molar-refractivity contribution in [3.05, 3.63) is 72.2 Å². The molecule has 25 heavy (non-hydrogen) atoms. The van der Waals surface area contributed by atoms with Gasteiger partial charge in [0.2, 0.25) is 0 Å². The van der Waals surface area contributed by atoms with Gasteiger partial charge in [0, 0.05) is 26.7 Å². The standard InChI is InChI=1S/C16H8BrCl2N3O3/c17-13-7-12(22(24)25)3-4-15(13)21-16(23)10(8-20)5-9-1-2-11(18)6-14(9)19/h1-7H,(H,21,23). The van der Waals surface area contributed by atoms with E-state index in [1.54, 1.807) is 18.2 Å². The number of hydrogen-bond donors (Lipinski definition) is 1. The van der Waals surface area contributed by atoms with Crippen LogP contribution in [0.5, 0.6) is 0 Å². The number of carbonyl (C=O) groups excluding carboxylic acids is 1. The number of carbonyl (C=O) groups is 1. The molecule has 2 rings (SSSR count). The summed E-state index contributed by atoms with van der Waals surface area (Å²) in [7, 11) is 0.